The van der Waals surface area contributed by atoms with E-state index in [-0.39, 0.29) is 35.6 Å². The first-order valence-corrected chi connectivity index (χ1v) is 12.1. The van der Waals surface area contributed by atoms with Gasteiger partial charge in [-0.25, -0.2) is 9.97 Å². The Morgan fingerprint density at radius 1 is 1.18 bits per heavy atom. The maximum atomic E-state index is 13.2. The van der Waals surface area contributed by atoms with Crippen LogP contribution in [0.25, 0.3) is 0 Å². The van der Waals surface area contributed by atoms with Gasteiger partial charge in [-0.05, 0) is 36.7 Å². The lowest BCUT2D eigenvalue weighted by molar-refractivity contribution is -0.129. The predicted molar refractivity (Wildman–Crippen MR) is 126 cm³/mol. The highest BCUT2D eigenvalue weighted by atomic mass is 16.2. The molecule has 7 nitrogen and oxygen atoms in total. The third kappa shape index (κ3) is 4.72. The molecule has 7 heteroatoms. The van der Waals surface area contributed by atoms with Gasteiger partial charge in [0.1, 0.15) is 0 Å². The highest BCUT2D eigenvalue weighted by Crippen LogP contribution is 2.40. The summed E-state index contributed by atoms with van der Waals surface area (Å²) in [5, 5.41) is 3.26. The molecule has 174 valence electrons. The molecular weight excluding hydrogens is 414 g/mol. The number of hydrogen-bond donors (Lipinski definition) is 1. The first-order chi connectivity index (χ1) is 15.9. The van der Waals surface area contributed by atoms with Crippen LogP contribution in [-0.4, -0.2) is 46.3 Å². The Balaban J connectivity index is 1.29. The fraction of sp³-hybridized carbons (Fsp3) is 0.538. The number of likely N-dealkylation sites (tertiary alicyclic amines) is 1. The SMILES string of the molecule is CC1(C)Cc2nc(N3CCCC3)ncc2C(NC(=O)C2CC(=O)N(Cc3ccccc3)C2)C1. The monoisotopic (exact) mass is 447 g/mol. The van der Waals surface area contributed by atoms with Crippen LogP contribution in [0.15, 0.2) is 36.5 Å². The Morgan fingerprint density at radius 3 is 2.70 bits per heavy atom. The second kappa shape index (κ2) is 8.76. The van der Waals surface area contributed by atoms with Gasteiger partial charge in [0.25, 0.3) is 0 Å². The van der Waals surface area contributed by atoms with Gasteiger partial charge in [0, 0.05) is 44.4 Å². The zero-order valence-corrected chi connectivity index (χ0v) is 19.6. The van der Waals surface area contributed by atoms with Crippen LogP contribution in [0.5, 0.6) is 0 Å². The standard InChI is InChI=1S/C26H33N5O2/c1-26(2)13-21(20-15-27-25(29-22(20)14-26)30-10-6-7-11-30)28-24(33)19-12-23(32)31(17-19)16-18-8-4-3-5-9-18/h3-5,8-9,15,19,21H,6-7,10-14,16-17H2,1-2H3,(H,28,33). The third-order valence-electron chi connectivity index (χ3n) is 7.17. The van der Waals surface area contributed by atoms with Crippen LogP contribution in [0.4, 0.5) is 5.95 Å². The molecule has 2 atom stereocenters. The van der Waals surface area contributed by atoms with Gasteiger partial charge in [0.05, 0.1) is 17.7 Å². The molecule has 3 aliphatic rings. The van der Waals surface area contributed by atoms with Crippen molar-refractivity contribution in [2.24, 2.45) is 11.3 Å². The van der Waals surface area contributed by atoms with E-state index in [2.05, 4.69) is 29.0 Å². The molecule has 1 aromatic carbocycles. The van der Waals surface area contributed by atoms with Crippen molar-refractivity contribution in [1.82, 2.24) is 20.2 Å². The molecule has 0 radical (unpaired) electrons. The number of rotatable bonds is 5. The van der Waals surface area contributed by atoms with Crippen LogP contribution in [0, 0.1) is 11.3 Å². The molecule has 1 aromatic heterocycles. The lowest BCUT2D eigenvalue weighted by Crippen LogP contribution is -2.40. The van der Waals surface area contributed by atoms with Crippen molar-refractivity contribution in [1.29, 1.82) is 0 Å². The van der Waals surface area contributed by atoms with Crippen LogP contribution in [0.1, 0.15) is 62.4 Å². The summed E-state index contributed by atoms with van der Waals surface area (Å²) in [7, 11) is 0. The van der Waals surface area contributed by atoms with E-state index >= 15 is 0 Å². The van der Waals surface area contributed by atoms with Crippen molar-refractivity contribution in [3.63, 3.8) is 0 Å². The van der Waals surface area contributed by atoms with Crippen LogP contribution >= 0.6 is 0 Å². The summed E-state index contributed by atoms with van der Waals surface area (Å²) in [6, 6.07) is 9.81. The Morgan fingerprint density at radius 2 is 1.94 bits per heavy atom. The zero-order valence-electron chi connectivity index (χ0n) is 19.6. The van der Waals surface area contributed by atoms with Crippen molar-refractivity contribution in [3.05, 3.63) is 53.3 Å². The van der Waals surface area contributed by atoms with Crippen molar-refractivity contribution in [3.8, 4) is 0 Å². The number of carbonyl (C=O) groups is 2. The molecule has 2 aliphatic heterocycles. The van der Waals surface area contributed by atoms with E-state index in [1.807, 2.05) is 36.5 Å². The molecule has 2 unspecified atom stereocenters. The predicted octanol–water partition coefficient (Wildman–Crippen LogP) is 3.26. The van der Waals surface area contributed by atoms with Gasteiger partial charge in [-0.15, -0.1) is 0 Å². The summed E-state index contributed by atoms with van der Waals surface area (Å²) in [6.07, 6.45) is 6.28. The Kier molecular flexibility index (Phi) is 5.81. The van der Waals surface area contributed by atoms with Crippen LogP contribution in [0.2, 0.25) is 0 Å². The van der Waals surface area contributed by atoms with Crippen molar-refractivity contribution in [2.75, 3.05) is 24.5 Å². The minimum atomic E-state index is -0.320. The minimum Gasteiger partial charge on any atom is -0.349 e. The molecule has 2 amide bonds. The van der Waals surface area contributed by atoms with E-state index in [0.29, 0.717) is 13.1 Å². The maximum absolute atomic E-state index is 13.2. The fourth-order valence-corrected chi connectivity index (χ4v) is 5.43. The van der Waals surface area contributed by atoms with E-state index in [9.17, 15) is 9.59 Å². The van der Waals surface area contributed by atoms with Crippen LogP contribution < -0.4 is 10.2 Å². The second-order valence-electron chi connectivity index (χ2n) is 10.5. The zero-order chi connectivity index (χ0) is 23.0. The van der Waals surface area contributed by atoms with E-state index < -0.39 is 0 Å². The molecule has 1 aliphatic carbocycles. The average molecular weight is 448 g/mol. The highest BCUT2D eigenvalue weighted by molar-refractivity contribution is 5.89. The summed E-state index contributed by atoms with van der Waals surface area (Å²) in [6.45, 7) is 7.50. The quantitative estimate of drug-likeness (QED) is 0.761. The maximum Gasteiger partial charge on any atom is 0.225 e. The molecule has 2 saturated heterocycles. The summed E-state index contributed by atoms with van der Waals surface area (Å²) in [5.41, 5.74) is 3.19. The van der Waals surface area contributed by atoms with Crippen LogP contribution in [-0.2, 0) is 22.6 Å². The minimum absolute atomic E-state index is 0.0341. The van der Waals surface area contributed by atoms with Crippen molar-refractivity contribution in [2.45, 2.75) is 58.5 Å². The number of benzene rings is 1. The van der Waals surface area contributed by atoms with E-state index in [1.54, 1.807) is 4.90 Å². The van der Waals surface area contributed by atoms with Crippen LogP contribution in [0.3, 0.4) is 0 Å². The van der Waals surface area contributed by atoms with Crippen molar-refractivity contribution < 1.29 is 9.59 Å². The number of nitrogens with zero attached hydrogens (tertiary/aromatic N) is 4. The first-order valence-electron chi connectivity index (χ1n) is 12.1. The number of hydrogen-bond acceptors (Lipinski definition) is 5. The molecule has 1 N–H and O–H groups in total. The summed E-state index contributed by atoms with van der Waals surface area (Å²) in [4.78, 5) is 39.4. The third-order valence-corrected chi connectivity index (χ3v) is 7.17. The normalized spacial score (nSPS) is 24.1. The molecule has 2 fully saturated rings. The molecular formula is C26H33N5O2. The first kappa shape index (κ1) is 21.9. The molecule has 0 spiro atoms. The molecule has 0 bridgehead atoms. The number of aromatic nitrogens is 2. The Bertz CT molecular complexity index is 1030. The van der Waals surface area contributed by atoms with E-state index in [0.717, 1.165) is 48.7 Å². The number of fused-ring (bicyclic) bond motifs is 1. The molecule has 5 rings (SSSR count). The number of anilines is 1. The molecule has 3 heterocycles. The van der Waals surface area contributed by atoms with Gasteiger partial charge in [0.2, 0.25) is 17.8 Å². The van der Waals surface area contributed by atoms with Gasteiger partial charge >= 0.3 is 0 Å². The Labute approximate surface area is 195 Å². The Hall–Kier alpha value is -2.96. The van der Waals surface area contributed by atoms with Crippen molar-refractivity contribution >= 4 is 17.8 Å². The number of nitrogens with one attached hydrogen (secondary N) is 1. The van der Waals surface area contributed by atoms with Gasteiger partial charge in [-0.3, -0.25) is 9.59 Å². The highest BCUT2D eigenvalue weighted by Gasteiger charge is 2.39. The lowest BCUT2D eigenvalue weighted by atomic mass is 9.74. The summed E-state index contributed by atoms with van der Waals surface area (Å²) >= 11 is 0. The summed E-state index contributed by atoms with van der Waals surface area (Å²) in [5.74, 6) is 0.490. The van der Waals surface area contributed by atoms with Gasteiger partial charge in [-0.2, -0.15) is 0 Å². The fourth-order valence-electron chi connectivity index (χ4n) is 5.43. The number of carbonyl (C=O) groups excluding carboxylic acids is 2. The lowest BCUT2D eigenvalue weighted by Gasteiger charge is -2.37. The van der Waals surface area contributed by atoms with E-state index in [4.69, 9.17) is 4.98 Å². The molecule has 2 aromatic rings. The second-order valence-corrected chi connectivity index (χ2v) is 10.5. The van der Waals surface area contributed by atoms with Gasteiger partial charge in [0.15, 0.2) is 0 Å². The average Bonchev–Trinajstić information content (AvgIpc) is 3.44. The van der Waals surface area contributed by atoms with Gasteiger partial charge in [-0.1, -0.05) is 44.2 Å². The largest absolute Gasteiger partial charge is 0.349 e. The van der Waals surface area contributed by atoms with Gasteiger partial charge < -0.3 is 15.1 Å². The number of amides is 2. The van der Waals surface area contributed by atoms with E-state index in [1.165, 1.54) is 12.8 Å². The smallest absolute Gasteiger partial charge is 0.225 e. The molecule has 33 heavy (non-hydrogen) atoms. The molecule has 0 saturated carbocycles. The summed E-state index contributed by atoms with van der Waals surface area (Å²) < 4.78 is 0. The topological polar surface area (TPSA) is 78.4 Å².